The van der Waals surface area contributed by atoms with Gasteiger partial charge in [0.25, 0.3) is 12.3 Å². The van der Waals surface area contributed by atoms with Crippen molar-refractivity contribution in [2.24, 2.45) is 0 Å². The summed E-state index contributed by atoms with van der Waals surface area (Å²) < 4.78 is 30.6. The largest absolute Gasteiger partial charge is 0.481 e. The molecular weight excluding hydrogens is 338 g/mol. The van der Waals surface area contributed by atoms with Crippen molar-refractivity contribution < 1.29 is 18.3 Å². The maximum Gasteiger partial charge on any atom is 0.263 e. The van der Waals surface area contributed by atoms with Crippen LogP contribution in [-0.2, 0) is 4.79 Å². The first-order valence-electron chi connectivity index (χ1n) is 8.06. The van der Waals surface area contributed by atoms with E-state index in [-0.39, 0.29) is 18.5 Å². The van der Waals surface area contributed by atoms with E-state index >= 15 is 0 Å². The van der Waals surface area contributed by atoms with E-state index < -0.39 is 12.5 Å². The highest BCUT2D eigenvalue weighted by Crippen LogP contribution is 2.21. The summed E-state index contributed by atoms with van der Waals surface area (Å²) in [5.74, 6) is 0.458. The number of amides is 1. The lowest BCUT2D eigenvalue weighted by Crippen LogP contribution is -2.49. The number of benzene rings is 1. The van der Waals surface area contributed by atoms with E-state index in [2.05, 4.69) is 0 Å². The van der Waals surface area contributed by atoms with Gasteiger partial charge in [0, 0.05) is 24.2 Å². The molecule has 134 valence electrons. The Balaban J connectivity index is 1.83. The zero-order valence-corrected chi connectivity index (χ0v) is 14.7. The molecule has 4 nitrogen and oxygen atoms in total. The smallest absolute Gasteiger partial charge is 0.263 e. The van der Waals surface area contributed by atoms with Crippen LogP contribution in [0.1, 0.15) is 19.8 Å². The third-order valence-electron chi connectivity index (χ3n) is 4.28. The van der Waals surface area contributed by atoms with Crippen LogP contribution < -0.4 is 4.74 Å². The molecular formula is C17H23ClF2N2O2. The zero-order valence-electron chi connectivity index (χ0n) is 13.9. The second kappa shape index (κ2) is 8.62. The molecule has 2 rings (SSSR count). The Hall–Kier alpha value is -1.40. The lowest BCUT2D eigenvalue weighted by molar-refractivity contribution is -0.139. The second-order valence-corrected chi connectivity index (χ2v) is 6.54. The molecule has 7 heteroatoms. The molecule has 0 radical (unpaired) electrons. The molecule has 1 aromatic carbocycles. The van der Waals surface area contributed by atoms with Gasteiger partial charge in [0.2, 0.25) is 0 Å². The number of carbonyl (C=O) groups excluding carboxylic acids is 1. The molecule has 1 aliphatic rings. The van der Waals surface area contributed by atoms with Gasteiger partial charge >= 0.3 is 0 Å². The molecule has 1 heterocycles. The first kappa shape index (κ1) is 18.9. The van der Waals surface area contributed by atoms with Crippen LogP contribution in [0, 0.1) is 0 Å². The van der Waals surface area contributed by atoms with Crippen LogP contribution in [0.2, 0.25) is 5.02 Å². The van der Waals surface area contributed by atoms with Gasteiger partial charge in [-0.2, -0.15) is 0 Å². The lowest BCUT2D eigenvalue weighted by Gasteiger charge is -2.37. The minimum absolute atomic E-state index is 0.0900. The van der Waals surface area contributed by atoms with Crippen LogP contribution in [0.15, 0.2) is 24.3 Å². The number of piperidine rings is 1. The summed E-state index contributed by atoms with van der Waals surface area (Å²) in [6.07, 6.45) is -1.56. The highest BCUT2D eigenvalue weighted by Gasteiger charge is 2.29. The number of ether oxygens (including phenoxy) is 1. The van der Waals surface area contributed by atoms with Crippen molar-refractivity contribution in [1.29, 1.82) is 0 Å². The number of nitrogens with zero attached hydrogens (tertiary/aromatic N) is 2. The van der Waals surface area contributed by atoms with Gasteiger partial charge in [0.15, 0.2) is 6.10 Å². The molecule has 0 saturated carbocycles. The number of rotatable bonds is 6. The van der Waals surface area contributed by atoms with Crippen LogP contribution in [0.25, 0.3) is 0 Å². The Morgan fingerprint density at radius 1 is 1.42 bits per heavy atom. The first-order chi connectivity index (χ1) is 11.4. The van der Waals surface area contributed by atoms with Crippen LogP contribution in [-0.4, -0.2) is 61.0 Å². The highest BCUT2D eigenvalue weighted by molar-refractivity contribution is 6.30. The van der Waals surface area contributed by atoms with Crippen molar-refractivity contribution in [3.63, 3.8) is 0 Å². The molecule has 1 aliphatic heterocycles. The third kappa shape index (κ3) is 5.31. The molecule has 0 N–H and O–H groups in total. The molecule has 0 unspecified atom stereocenters. The van der Waals surface area contributed by atoms with Gasteiger partial charge in [0.1, 0.15) is 5.75 Å². The fourth-order valence-corrected chi connectivity index (χ4v) is 3.13. The van der Waals surface area contributed by atoms with E-state index in [1.54, 1.807) is 48.0 Å². The highest BCUT2D eigenvalue weighted by atomic mass is 35.5. The van der Waals surface area contributed by atoms with Crippen molar-refractivity contribution >= 4 is 17.5 Å². The van der Waals surface area contributed by atoms with Gasteiger partial charge in [-0.1, -0.05) is 17.7 Å². The summed E-state index contributed by atoms with van der Waals surface area (Å²) in [4.78, 5) is 15.9. The molecule has 1 aromatic rings. The average molecular weight is 361 g/mol. The molecule has 1 amide bonds. The van der Waals surface area contributed by atoms with Crippen molar-refractivity contribution in [2.75, 3.05) is 26.7 Å². The quantitative estimate of drug-likeness (QED) is 0.780. The van der Waals surface area contributed by atoms with Crippen molar-refractivity contribution in [1.82, 2.24) is 9.80 Å². The van der Waals surface area contributed by atoms with E-state index in [1.165, 1.54) is 0 Å². The van der Waals surface area contributed by atoms with E-state index in [0.717, 1.165) is 0 Å². The standard InChI is InChI=1S/C17H23ClF2N2O2/c1-12(24-15-5-3-4-13(18)10-15)17(23)22-8-6-14(7-9-22)21(2)11-16(19)20/h3-5,10,12,14,16H,6-9,11H2,1-2H3/t12-/m1/s1. The second-order valence-electron chi connectivity index (χ2n) is 6.10. The molecule has 1 fully saturated rings. The van der Waals surface area contributed by atoms with Gasteiger partial charge in [0.05, 0.1) is 6.54 Å². The number of carbonyl (C=O) groups is 1. The number of likely N-dealkylation sites (tertiary alicyclic amines) is 1. The Labute approximate surface area is 146 Å². The molecule has 0 aromatic heterocycles. The predicted molar refractivity (Wildman–Crippen MR) is 89.8 cm³/mol. The minimum atomic E-state index is -2.33. The lowest BCUT2D eigenvalue weighted by atomic mass is 10.0. The fourth-order valence-electron chi connectivity index (χ4n) is 2.95. The van der Waals surface area contributed by atoms with Crippen molar-refractivity contribution in [3.05, 3.63) is 29.3 Å². The summed E-state index contributed by atoms with van der Waals surface area (Å²) in [5.41, 5.74) is 0. The molecule has 1 saturated heterocycles. The number of halogens is 3. The molecule has 0 spiro atoms. The summed E-state index contributed by atoms with van der Waals surface area (Å²) in [7, 11) is 1.71. The maximum atomic E-state index is 12.5. The maximum absolute atomic E-state index is 12.5. The topological polar surface area (TPSA) is 32.8 Å². The Kier molecular flexibility index (Phi) is 6.80. The summed E-state index contributed by atoms with van der Waals surface area (Å²) >= 11 is 5.90. The monoisotopic (exact) mass is 360 g/mol. The molecule has 1 atom stereocenters. The van der Waals surface area contributed by atoms with Gasteiger partial charge in [-0.05, 0) is 45.0 Å². The van der Waals surface area contributed by atoms with Crippen LogP contribution in [0.5, 0.6) is 5.75 Å². The Morgan fingerprint density at radius 2 is 2.08 bits per heavy atom. The van der Waals surface area contributed by atoms with Crippen LogP contribution in [0.3, 0.4) is 0 Å². The zero-order chi connectivity index (χ0) is 17.7. The van der Waals surface area contributed by atoms with E-state index in [0.29, 0.717) is 36.7 Å². The summed E-state index contributed by atoms with van der Waals surface area (Å²) in [6.45, 7) is 2.59. The summed E-state index contributed by atoms with van der Waals surface area (Å²) in [5, 5.41) is 0.551. The van der Waals surface area contributed by atoms with Gasteiger partial charge in [-0.15, -0.1) is 0 Å². The predicted octanol–water partition coefficient (Wildman–Crippen LogP) is 3.30. The average Bonchev–Trinajstić information content (AvgIpc) is 2.53. The van der Waals surface area contributed by atoms with Crippen molar-refractivity contribution in [3.8, 4) is 5.75 Å². The van der Waals surface area contributed by atoms with Crippen LogP contribution >= 0.6 is 11.6 Å². The van der Waals surface area contributed by atoms with Crippen molar-refractivity contribution in [2.45, 2.75) is 38.3 Å². The van der Waals surface area contributed by atoms with Crippen LogP contribution in [0.4, 0.5) is 8.78 Å². The third-order valence-corrected chi connectivity index (χ3v) is 4.52. The SMILES string of the molecule is C[C@@H](Oc1cccc(Cl)c1)C(=O)N1CCC(N(C)CC(F)F)CC1. The molecule has 24 heavy (non-hydrogen) atoms. The van der Waals surface area contributed by atoms with E-state index in [1.807, 2.05) is 0 Å². The summed E-state index contributed by atoms with van der Waals surface area (Å²) in [6, 6.07) is 7.01. The van der Waals surface area contributed by atoms with Gasteiger partial charge in [-0.3, -0.25) is 9.69 Å². The minimum Gasteiger partial charge on any atom is -0.481 e. The Morgan fingerprint density at radius 3 is 2.67 bits per heavy atom. The molecule has 0 bridgehead atoms. The normalized spacial score (nSPS) is 17.4. The van der Waals surface area contributed by atoms with E-state index in [9.17, 15) is 13.6 Å². The molecule has 0 aliphatic carbocycles. The number of alkyl halides is 2. The van der Waals surface area contributed by atoms with Gasteiger partial charge in [-0.25, -0.2) is 8.78 Å². The van der Waals surface area contributed by atoms with Gasteiger partial charge < -0.3 is 9.64 Å². The Bertz CT molecular complexity index is 551. The number of hydrogen-bond donors (Lipinski definition) is 0. The van der Waals surface area contributed by atoms with E-state index in [4.69, 9.17) is 16.3 Å². The number of hydrogen-bond acceptors (Lipinski definition) is 3. The first-order valence-corrected chi connectivity index (χ1v) is 8.44. The fraction of sp³-hybridized carbons (Fsp3) is 0.588.